The van der Waals surface area contributed by atoms with Crippen LogP contribution in [-0.4, -0.2) is 5.11 Å². The van der Waals surface area contributed by atoms with E-state index >= 15 is 0 Å². The van der Waals surface area contributed by atoms with Crippen LogP contribution in [0.4, 0.5) is 0 Å². The van der Waals surface area contributed by atoms with E-state index < -0.39 is 6.10 Å². The van der Waals surface area contributed by atoms with Gasteiger partial charge in [0, 0.05) is 20.8 Å². The number of halogens is 2. The van der Waals surface area contributed by atoms with Crippen LogP contribution in [0.2, 0.25) is 5.02 Å². The van der Waals surface area contributed by atoms with Crippen LogP contribution in [0.15, 0.2) is 34.1 Å². The van der Waals surface area contributed by atoms with Gasteiger partial charge >= 0.3 is 0 Å². The predicted molar refractivity (Wildman–Crippen MR) is 76.9 cm³/mol. The molecule has 1 unspecified atom stereocenters. The molecule has 0 saturated heterocycles. The maximum absolute atomic E-state index is 10.2. The highest BCUT2D eigenvalue weighted by Gasteiger charge is 2.14. The molecule has 4 heteroatoms. The molecule has 0 radical (unpaired) electrons. The molecule has 1 aromatic heterocycles. The van der Waals surface area contributed by atoms with Gasteiger partial charge in [0.25, 0.3) is 0 Å². The van der Waals surface area contributed by atoms with Gasteiger partial charge in [-0.25, -0.2) is 0 Å². The maximum Gasteiger partial charge on any atom is 0.0841 e. The number of rotatable bonds is 3. The third-order valence-corrected chi connectivity index (χ3v) is 4.85. The molecule has 0 aliphatic heterocycles. The molecule has 17 heavy (non-hydrogen) atoms. The highest BCUT2D eigenvalue weighted by Crippen LogP contribution is 2.30. The van der Waals surface area contributed by atoms with Crippen LogP contribution in [0, 0.1) is 6.92 Å². The Bertz CT molecular complexity index is 524. The zero-order chi connectivity index (χ0) is 12.4. The van der Waals surface area contributed by atoms with Crippen LogP contribution >= 0.6 is 38.9 Å². The molecule has 2 aromatic rings. The number of aliphatic hydroxyl groups excluding tert-OH is 1. The lowest BCUT2D eigenvalue weighted by Crippen LogP contribution is -2.03. The van der Waals surface area contributed by atoms with Crippen LogP contribution in [0.25, 0.3) is 0 Å². The summed E-state index contributed by atoms with van der Waals surface area (Å²) in [4.78, 5) is 1.15. The van der Waals surface area contributed by atoms with Gasteiger partial charge in [0.1, 0.15) is 0 Å². The van der Waals surface area contributed by atoms with Gasteiger partial charge in [-0.15, -0.1) is 11.3 Å². The Morgan fingerprint density at radius 2 is 2.18 bits per heavy atom. The second-order valence-electron chi connectivity index (χ2n) is 3.91. The van der Waals surface area contributed by atoms with E-state index in [1.165, 1.54) is 0 Å². The Morgan fingerprint density at radius 1 is 1.41 bits per heavy atom. The fourth-order valence-corrected chi connectivity index (χ4v) is 3.46. The first-order valence-corrected chi connectivity index (χ1v) is 7.29. The third-order valence-electron chi connectivity index (χ3n) is 2.67. The van der Waals surface area contributed by atoms with Crippen LogP contribution in [0.1, 0.15) is 22.1 Å². The molecule has 1 nitrogen and oxygen atoms in total. The van der Waals surface area contributed by atoms with Crippen molar-refractivity contribution in [1.82, 2.24) is 0 Å². The summed E-state index contributed by atoms with van der Waals surface area (Å²) >= 11 is 11.1. The Balaban J connectivity index is 2.23. The summed E-state index contributed by atoms with van der Waals surface area (Å²) in [6.45, 7) is 1.98. The standard InChI is InChI=1S/C13H12BrClOS/c1-8-2-3-9(15)6-10(8)12(16)7-13-11(14)4-5-17-13/h2-6,12,16H,7H2,1H3. The molecule has 1 N–H and O–H groups in total. The van der Waals surface area contributed by atoms with E-state index in [2.05, 4.69) is 15.9 Å². The van der Waals surface area contributed by atoms with Crippen LogP contribution in [-0.2, 0) is 6.42 Å². The lowest BCUT2D eigenvalue weighted by molar-refractivity contribution is 0.178. The van der Waals surface area contributed by atoms with E-state index in [-0.39, 0.29) is 0 Å². The Hall–Kier alpha value is -0.350. The largest absolute Gasteiger partial charge is 0.388 e. The second-order valence-corrected chi connectivity index (χ2v) is 6.20. The normalized spacial score (nSPS) is 12.7. The Morgan fingerprint density at radius 3 is 2.82 bits per heavy atom. The minimum absolute atomic E-state index is 0.511. The van der Waals surface area contributed by atoms with E-state index in [0.717, 1.165) is 20.5 Å². The molecule has 90 valence electrons. The van der Waals surface area contributed by atoms with E-state index in [1.54, 1.807) is 11.3 Å². The molecule has 1 atom stereocenters. The van der Waals surface area contributed by atoms with Gasteiger partial charge in [-0.05, 0) is 57.6 Å². The van der Waals surface area contributed by atoms with E-state index in [1.807, 2.05) is 36.6 Å². The molecule has 0 amide bonds. The molecule has 0 aliphatic carbocycles. The molecule has 1 heterocycles. The van der Waals surface area contributed by atoms with Gasteiger partial charge in [0.05, 0.1) is 6.10 Å². The van der Waals surface area contributed by atoms with Crippen molar-refractivity contribution in [2.45, 2.75) is 19.4 Å². The van der Waals surface area contributed by atoms with Crippen molar-refractivity contribution >= 4 is 38.9 Å². The van der Waals surface area contributed by atoms with Crippen molar-refractivity contribution < 1.29 is 5.11 Å². The molecule has 0 aliphatic rings. The highest BCUT2D eigenvalue weighted by molar-refractivity contribution is 9.10. The quantitative estimate of drug-likeness (QED) is 0.860. The smallest absolute Gasteiger partial charge is 0.0841 e. The summed E-state index contributed by atoms with van der Waals surface area (Å²) < 4.78 is 1.06. The molecule has 0 fully saturated rings. The topological polar surface area (TPSA) is 20.2 Å². The summed E-state index contributed by atoms with van der Waals surface area (Å²) in [7, 11) is 0. The fraction of sp³-hybridized carbons (Fsp3) is 0.231. The van der Waals surface area contributed by atoms with E-state index in [9.17, 15) is 5.11 Å². The minimum atomic E-state index is -0.511. The summed E-state index contributed by atoms with van der Waals surface area (Å²) in [6, 6.07) is 7.61. The van der Waals surface area contributed by atoms with Gasteiger partial charge < -0.3 is 5.11 Å². The summed E-state index contributed by atoms with van der Waals surface area (Å²) in [5.74, 6) is 0. The molecule has 2 rings (SSSR count). The van der Waals surface area contributed by atoms with Gasteiger partial charge in [0.2, 0.25) is 0 Å². The molecule has 1 aromatic carbocycles. The average Bonchev–Trinajstić information content (AvgIpc) is 2.68. The maximum atomic E-state index is 10.2. The second kappa shape index (κ2) is 5.53. The Labute approximate surface area is 118 Å². The first-order chi connectivity index (χ1) is 8.08. The minimum Gasteiger partial charge on any atom is -0.388 e. The molecule has 0 spiro atoms. The van der Waals surface area contributed by atoms with Crippen molar-refractivity contribution in [3.63, 3.8) is 0 Å². The van der Waals surface area contributed by atoms with Gasteiger partial charge in [-0.3, -0.25) is 0 Å². The van der Waals surface area contributed by atoms with Gasteiger partial charge in [-0.2, -0.15) is 0 Å². The van der Waals surface area contributed by atoms with Crippen molar-refractivity contribution in [3.8, 4) is 0 Å². The van der Waals surface area contributed by atoms with Gasteiger partial charge in [0.15, 0.2) is 0 Å². The molecule has 0 bridgehead atoms. The lowest BCUT2D eigenvalue weighted by Gasteiger charge is -2.13. The molecular formula is C13H12BrClOS. The monoisotopic (exact) mass is 330 g/mol. The summed E-state index contributed by atoms with van der Waals surface area (Å²) in [5.41, 5.74) is 1.97. The molecular weight excluding hydrogens is 320 g/mol. The zero-order valence-corrected chi connectivity index (χ0v) is 12.4. The van der Waals surface area contributed by atoms with Crippen molar-refractivity contribution in [1.29, 1.82) is 0 Å². The molecule has 0 saturated carbocycles. The number of aryl methyl sites for hydroxylation is 1. The van der Waals surface area contributed by atoms with Crippen molar-refractivity contribution in [2.24, 2.45) is 0 Å². The zero-order valence-electron chi connectivity index (χ0n) is 9.28. The SMILES string of the molecule is Cc1ccc(Cl)cc1C(O)Cc1sccc1Br. The highest BCUT2D eigenvalue weighted by atomic mass is 79.9. The van der Waals surface area contributed by atoms with E-state index in [4.69, 9.17) is 11.6 Å². The third kappa shape index (κ3) is 3.10. The fourth-order valence-electron chi connectivity index (χ4n) is 1.73. The predicted octanol–water partition coefficient (Wildman–Crippen LogP) is 4.75. The number of hydrogen-bond donors (Lipinski definition) is 1. The number of hydrogen-bond acceptors (Lipinski definition) is 2. The van der Waals surface area contributed by atoms with Gasteiger partial charge in [-0.1, -0.05) is 17.7 Å². The van der Waals surface area contributed by atoms with Crippen LogP contribution in [0.5, 0.6) is 0 Å². The van der Waals surface area contributed by atoms with Crippen molar-refractivity contribution in [2.75, 3.05) is 0 Å². The number of benzene rings is 1. The average molecular weight is 332 g/mol. The Kier molecular flexibility index (Phi) is 4.26. The van der Waals surface area contributed by atoms with E-state index in [0.29, 0.717) is 11.4 Å². The first-order valence-electron chi connectivity index (χ1n) is 5.24. The number of thiophene rings is 1. The van der Waals surface area contributed by atoms with Crippen LogP contribution < -0.4 is 0 Å². The van der Waals surface area contributed by atoms with Crippen LogP contribution in [0.3, 0.4) is 0 Å². The number of aliphatic hydroxyl groups is 1. The van der Waals surface area contributed by atoms with Crippen molar-refractivity contribution in [3.05, 3.63) is 55.1 Å². The summed E-state index contributed by atoms with van der Waals surface area (Å²) in [5, 5.41) is 12.9. The first kappa shape index (κ1) is 13.1. The summed E-state index contributed by atoms with van der Waals surface area (Å²) in [6.07, 6.45) is 0.100. The lowest BCUT2D eigenvalue weighted by atomic mass is 10.0.